The largest absolute Gasteiger partial charge is 0.493 e. The van der Waals surface area contributed by atoms with Crippen LogP contribution in [0.2, 0.25) is 0 Å². The second kappa shape index (κ2) is 16.7. The number of methoxy groups -OCH3 is 1. The lowest BCUT2D eigenvalue weighted by Gasteiger charge is -2.20. The highest BCUT2D eigenvalue weighted by molar-refractivity contribution is 5.99. The van der Waals surface area contributed by atoms with Gasteiger partial charge in [0.2, 0.25) is 0 Å². The fourth-order valence-corrected chi connectivity index (χ4v) is 4.00. The fraction of sp³-hybridized carbons (Fsp3) is 0.367. The zero-order valence-electron chi connectivity index (χ0n) is 22.9. The van der Waals surface area contributed by atoms with Crippen molar-refractivity contribution in [3.05, 3.63) is 71.9 Å². The lowest BCUT2D eigenvalue weighted by molar-refractivity contribution is -0.134. The molecule has 0 spiro atoms. The van der Waals surface area contributed by atoms with Crippen LogP contribution in [0.4, 0.5) is 5.69 Å². The number of carbonyl (C=O) groups is 2. The molecule has 0 fully saturated rings. The normalized spacial score (nSPS) is 11.5. The highest BCUT2D eigenvalue weighted by Gasteiger charge is 2.18. The molecule has 0 saturated heterocycles. The molecule has 3 aromatic rings. The Morgan fingerprint density at radius 2 is 1.77 bits per heavy atom. The van der Waals surface area contributed by atoms with Gasteiger partial charge in [-0.15, -0.1) is 0 Å². The van der Waals surface area contributed by atoms with Crippen molar-refractivity contribution in [1.82, 2.24) is 4.98 Å². The second-order valence-corrected chi connectivity index (χ2v) is 9.08. The summed E-state index contributed by atoms with van der Waals surface area (Å²) in [6, 6.07) is 14.9. The molecule has 1 heterocycles. The smallest absolute Gasteiger partial charge is 0.328 e. The molecule has 3 rings (SSSR count). The molecule has 5 N–H and O–H groups in total. The molecule has 0 aliphatic heterocycles. The Morgan fingerprint density at radius 1 is 1.08 bits per heavy atom. The quantitative estimate of drug-likeness (QED) is 0.161. The van der Waals surface area contributed by atoms with Crippen LogP contribution in [0.25, 0.3) is 10.9 Å². The summed E-state index contributed by atoms with van der Waals surface area (Å²) in [5.41, 5.74) is 10.0. The fourth-order valence-electron chi connectivity index (χ4n) is 4.00. The third-order valence-electron chi connectivity index (χ3n) is 5.92. The predicted molar refractivity (Wildman–Crippen MR) is 154 cm³/mol. The molecule has 0 amide bonds. The Bertz CT molecular complexity index is 1210. The zero-order chi connectivity index (χ0) is 28.6. The first kappa shape index (κ1) is 31.1. The van der Waals surface area contributed by atoms with Gasteiger partial charge in [-0.3, -0.25) is 4.98 Å². The average molecular weight is 538 g/mol. The minimum absolute atomic E-state index is 0.295. The average Bonchev–Trinajstić information content (AvgIpc) is 2.92. The number of carboxylic acid groups (broad SMARTS) is 2. The van der Waals surface area contributed by atoms with Crippen LogP contribution in [0.1, 0.15) is 43.7 Å². The Balaban J connectivity index is 0.000000580. The van der Waals surface area contributed by atoms with Crippen LogP contribution < -0.4 is 20.5 Å². The number of aliphatic carboxylic acids is 2. The van der Waals surface area contributed by atoms with Crippen LogP contribution in [0.15, 0.2) is 60.8 Å². The maximum absolute atomic E-state index is 9.55. The number of rotatable bonds is 14. The van der Waals surface area contributed by atoms with Gasteiger partial charge in [-0.25, -0.2) is 9.59 Å². The van der Waals surface area contributed by atoms with Crippen LogP contribution >= 0.6 is 0 Å². The number of aromatic nitrogens is 1. The van der Waals surface area contributed by atoms with E-state index in [1.54, 1.807) is 7.11 Å². The molecule has 1 atom stereocenters. The van der Waals surface area contributed by atoms with Crippen LogP contribution in [0.3, 0.4) is 0 Å². The van der Waals surface area contributed by atoms with Crippen LogP contribution in [-0.2, 0) is 16.0 Å². The highest BCUT2D eigenvalue weighted by Crippen LogP contribution is 2.41. The van der Waals surface area contributed by atoms with Crippen LogP contribution in [0.5, 0.6) is 11.5 Å². The van der Waals surface area contributed by atoms with Crippen molar-refractivity contribution in [2.24, 2.45) is 5.73 Å². The monoisotopic (exact) mass is 537 g/mol. The highest BCUT2D eigenvalue weighted by atomic mass is 16.5. The number of carboxylic acids is 2. The van der Waals surface area contributed by atoms with Gasteiger partial charge in [0.05, 0.1) is 30.3 Å². The van der Waals surface area contributed by atoms with Gasteiger partial charge in [0.25, 0.3) is 0 Å². The second-order valence-electron chi connectivity index (χ2n) is 9.08. The summed E-state index contributed by atoms with van der Waals surface area (Å²) in [6.07, 6.45) is 8.08. The molecular formula is C30H39N3O6. The number of hydrogen-bond donors (Lipinski definition) is 4. The minimum Gasteiger partial charge on any atom is -0.493 e. The van der Waals surface area contributed by atoms with Gasteiger partial charge in [-0.2, -0.15) is 0 Å². The SMILES string of the molecule is COc1cc(NC(C)CCCN)c2nccc(C)c2c1OCCCCc1ccccc1.O=C(O)/C=C/C(=O)O. The first-order valence-electron chi connectivity index (χ1n) is 13.0. The number of aryl methyl sites for hydroxylation is 2. The lowest BCUT2D eigenvalue weighted by Crippen LogP contribution is -2.17. The van der Waals surface area contributed by atoms with Crippen molar-refractivity contribution in [2.45, 2.75) is 52.0 Å². The molecule has 1 aromatic heterocycles. The number of nitrogens with two attached hydrogens (primary N) is 1. The third-order valence-corrected chi connectivity index (χ3v) is 5.92. The number of pyridine rings is 1. The first-order valence-corrected chi connectivity index (χ1v) is 13.0. The molecule has 0 aliphatic rings. The Hall–Kier alpha value is -4.11. The number of ether oxygens (including phenoxy) is 2. The molecule has 0 saturated carbocycles. The number of nitrogens with one attached hydrogen (secondary N) is 1. The Kier molecular flexibility index (Phi) is 13.3. The van der Waals surface area contributed by atoms with E-state index in [1.165, 1.54) is 5.56 Å². The van der Waals surface area contributed by atoms with Crippen molar-refractivity contribution in [2.75, 3.05) is 25.6 Å². The summed E-state index contributed by atoms with van der Waals surface area (Å²) < 4.78 is 12.0. The first-order chi connectivity index (χ1) is 18.8. The zero-order valence-corrected chi connectivity index (χ0v) is 22.9. The lowest BCUT2D eigenvalue weighted by atomic mass is 10.1. The van der Waals surface area contributed by atoms with Crippen molar-refractivity contribution in [1.29, 1.82) is 0 Å². The van der Waals surface area contributed by atoms with Gasteiger partial charge in [-0.1, -0.05) is 30.3 Å². The van der Waals surface area contributed by atoms with Crippen molar-refractivity contribution >= 4 is 28.5 Å². The maximum Gasteiger partial charge on any atom is 0.328 e. The molecule has 9 heteroatoms. The molecule has 0 radical (unpaired) electrons. The Labute approximate surface area is 229 Å². The van der Waals surface area contributed by atoms with E-state index in [-0.39, 0.29) is 0 Å². The minimum atomic E-state index is -1.26. The summed E-state index contributed by atoms with van der Waals surface area (Å²) in [5, 5.41) is 20.2. The van der Waals surface area contributed by atoms with E-state index in [9.17, 15) is 9.59 Å². The number of nitrogens with zero attached hydrogens (tertiary/aromatic N) is 1. The third kappa shape index (κ3) is 10.6. The summed E-state index contributed by atoms with van der Waals surface area (Å²) in [6.45, 7) is 5.60. The van der Waals surface area contributed by atoms with Gasteiger partial charge in [-0.05, 0) is 69.7 Å². The van der Waals surface area contributed by atoms with E-state index in [0.717, 1.165) is 65.8 Å². The van der Waals surface area contributed by atoms with E-state index >= 15 is 0 Å². The molecule has 9 nitrogen and oxygen atoms in total. The van der Waals surface area contributed by atoms with Crippen LogP contribution in [-0.4, -0.2) is 53.4 Å². The summed E-state index contributed by atoms with van der Waals surface area (Å²) >= 11 is 0. The number of unbranched alkanes of at least 4 members (excludes halogenated alkanes) is 1. The summed E-state index contributed by atoms with van der Waals surface area (Å²) in [4.78, 5) is 23.8. The number of anilines is 1. The molecule has 1 unspecified atom stereocenters. The Morgan fingerprint density at radius 3 is 2.38 bits per heavy atom. The molecule has 0 bridgehead atoms. The maximum atomic E-state index is 9.55. The number of benzene rings is 2. The molecule has 0 aliphatic carbocycles. The van der Waals surface area contributed by atoms with E-state index in [0.29, 0.717) is 31.3 Å². The summed E-state index contributed by atoms with van der Waals surface area (Å²) in [5.74, 6) is -0.997. The van der Waals surface area contributed by atoms with E-state index in [4.69, 9.17) is 25.4 Å². The van der Waals surface area contributed by atoms with E-state index in [1.807, 2.05) is 18.3 Å². The van der Waals surface area contributed by atoms with Gasteiger partial charge in [0, 0.05) is 30.5 Å². The standard InChI is InChI=1S/C26H35N3O2.C4H4O4/c1-19-14-16-28-25-22(29-20(2)10-9-15-27)18-23(30-3)26(24(19)25)31-17-8-7-13-21-11-5-4-6-12-21;5-3(6)1-2-4(7)8/h4-6,11-12,14,16,18,20,29H,7-10,13,15,17,27H2,1-3H3;1-2H,(H,5,6)(H,7,8)/b;2-1+. The van der Waals surface area contributed by atoms with Gasteiger partial charge >= 0.3 is 11.9 Å². The predicted octanol–water partition coefficient (Wildman–Crippen LogP) is 5.20. The van der Waals surface area contributed by atoms with Crippen molar-refractivity contribution in [3.63, 3.8) is 0 Å². The number of hydrogen-bond acceptors (Lipinski definition) is 7. The van der Waals surface area contributed by atoms with E-state index < -0.39 is 11.9 Å². The molecular weight excluding hydrogens is 498 g/mol. The van der Waals surface area contributed by atoms with Crippen molar-refractivity contribution in [3.8, 4) is 11.5 Å². The van der Waals surface area contributed by atoms with Gasteiger partial charge in [0.1, 0.15) is 0 Å². The number of fused-ring (bicyclic) bond motifs is 1. The molecule has 39 heavy (non-hydrogen) atoms. The molecule has 2 aromatic carbocycles. The van der Waals surface area contributed by atoms with Gasteiger partial charge < -0.3 is 30.7 Å². The van der Waals surface area contributed by atoms with Crippen molar-refractivity contribution < 1.29 is 29.3 Å². The van der Waals surface area contributed by atoms with Crippen LogP contribution in [0, 0.1) is 6.92 Å². The van der Waals surface area contributed by atoms with E-state index in [2.05, 4.69) is 54.5 Å². The topological polar surface area (TPSA) is 144 Å². The molecule has 210 valence electrons. The summed E-state index contributed by atoms with van der Waals surface area (Å²) in [7, 11) is 1.69. The van der Waals surface area contributed by atoms with Gasteiger partial charge in [0.15, 0.2) is 11.5 Å².